The highest BCUT2D eigenvalue weighted by Gasteiger charge is 2.26. The predicted octanol–water partition coefficient (Wildman–Crippen LogP) is 2.95. The molecule has 1 amide bonds. The molecule has 2 rings (SSSR count). The Balaban J connectivity index is 2.33. The van der Waals surface area contributed by atoms with Crippen molar-refractivity contribution in [2.45, 2.75) is 45.0 Å². The lowest BCUT2D eigenvalue weighted by Gasteiger charge is -2.15. The van der Waals surface area contributed by atoms with Crippen LogP contribution in [0.1, 0.15) is 25.6 Å². The molecule has 0 saturated carbocycles. The average Bonchev–Trinajstić information content (AvgIpc) is 2.62. The van der Waals surface area contributed by atoms with E-state index in [-0.39, 0.29) is 30.9 Å². The Kier molecular flexibility index (Phi) is 7.80. The van der Waals surface area contributed by atoms with E-state index in [1.165, 1.54) is 13.0 Å². The molecular weight excluding hydrogens is 411 g/mol. The maximum Gasteiger partial charge on any atom is 0.389 e. The number of aryl methyl sites for hydroxylation is 1. The second-order valence-electron chi connectivity index (χ2n) is 6.61. The molecule has 1 aromatic carbocycles. The summed E-state index contributed by atoms with van der Waals surface area (Å²) in [5.74, 6) is -0.468. The monoisotopic (exact) mass is 431 g/mol. The molecule has 0 spiro atoms. The number of carbonyl (C=O) groups is 1. The number of aliphatic hydroxyl groups excluding tert-OH is 1. The van der Waals surface area contributed by atoms with Crippen molar-refractivity contribution in [3.05, 3.63) is 51.5 Å². The number of alkyl halides is 3. The SMILES string of the molecule is CC(O)CNC(=O)Cn1c(CCCC(F)(F)F)nc(-c2ccc(Cl)cc2)cc1=O. The molecule has 2 N–H and O–H groups in total. The van der Waals surface area contributed by atoms with Gasteiger partial charge in [-0.15, -0.1) is 0 Å². The average molecular weight is 432 g/mol. The zero-order valence-corrected chi connectivity index (χ0v) is 16.4. The minimum Gasteiger partial charge on any atom is -0.392 e. The summed E-state index contributed by atoms with van der Waals surface area (Å²) in [6.45, 7) is 1.07. The van der Waals surface area contributed by atoms with E-state index in [1.54, 1.807) is 24.3 Å². The summed E-state index contributed by atoms with van der Waals surface area (Å²) in [5.41, 5.74) is 0.308. The highest BCUT2D eigenvalue weighted by Crippen LogP contribution is 2.23. The van der Waals surface area contributed by atoms with Gasteiger partial charge in [0.15, 0.2) is 0 Å². The third-order valence-corrected chi connectivity index (χ3v) is 4.24. The number of aliphatic hydroxyl groups is 1. The number of benzene rings is 1. The van der Waals surface area contributed by atoms with Gasteiger partial charge in [0.2, 0.25) is 5.91 Å². The lowest BCUT2D eigenvalue weighted by Crippen LogP contribution is -2.37. The Morgan fingerprint density at radius 1 is 1.31 bits per heavy atom. The van der Waals surface area contributed by atoms with Crippen LogP contribution in [0.3, 0.4) is 0 Å². The molecule has 0 aliphatic heterocycles. The first-order chi connectivity index (χ1) is 13.5. The van der Waals surface area contributed by atoms with E-state index < -0.39 is 36.7 Å². The molecular formula is C19H21ClF3N3O3. The van der Waals surface area contributed by atoms with Gasteiger partial charge in [-0.3, -0.25) is 14.2 Å². The van der Waals surface area contributed by atoms with Crippen LogP contribution in [0.2, 0.25) is 5.02 Å². The Morgan fingerprint density at radius 2 is 1.97 bits per heavy atom. The van der Waals surface area contributed by atoms with Gasteiger partial charge in [-0.25, -0.2) is 4.98 Å². The summed E-state index contributed by atoms with van der Waals surface area (Å²) in [7, 11) is 0. The zero-order chi connectivity index (χ0) is 21.6. The molecule has 6 nitrogen and oxygen atoms in total. The standard InChI is InChI=1S/C19H21ClF3N3O3/c1-12(27)10-24-17(28)11-26-16(3-2-8-19(21,22)23)25-15(9-18(26)29)13-4-6-14(20)7-5-13/h4-7,9,12,27H,2-3,8,10-11H2,1H3,(H,24,28). The number of rotatable bonds is 8. The molecule has 0 saturated heterocycles. The number of nitrogens with zero attached hydrogens (tertiary/aromatic N) is 2. The van der Waals surface area contributed by atoms with Gasteiger partial charge in [0, 0.05) is 36.0 Å². The van der Waals surface area contributed by atoms with Gasteiger partial charge < -0.3 is 10.4 Å². The molecule has 1 atom stereocenters. The van der Waals surface area contributed by atoms with Gasteiger partial charge in [-0.2, -0.15) is 13.2 Å². The fourth-order valence-corrected chi connectivity index (χ4v) is 2.72. The minimum atomic E-state index is -4.33. The number of nitrogens with one attached hydrogen (secondary N) is 1. The topological polar surface area (TPSA) is 84.2 Å². The molecule has 1 unspecified atom stereocenters. The van der Waals surface area contributed by atoms with E-state index in [0.29, 0.717) is 10.6 Å². The molecule has 0 fully saturated rings. The second kappa shape index (κ2) is 9.89. The lowest BCUT2D eigenvalue weighted by molar-refractivity contribution is -0.135. The van der Waals surface area contributed by atoms with Gasteiger partial charge in [0.05, 0.1) is 11.8 Å². The molecule has 1 aromatic heterocycles. The number of halogens is 4. The van der Waals surface area contributed by atoms with Crippen LogP contribution in [0.15, 0.2) is 35.1 Å². The van der Waals surface area contributed by atoms with Crippen LogP contribution < -0.4 is 10.9 Å². The van der Waals surface area contributed by atoms with Gasteiger partial charge >= 0.3 is 6.18 Å². The van der Waals surface area contributed by atoms with Crippen LogP contribution >= 0.6 is 11.6 Å². The fourth-order valence-electron chi connectivity index (χ4n) is 2.59. The largest absolute Gasteiger partial charge is 0.392 e. The Labute approximate surface area is 170 Å². The summed E-state index contributed by atoms with van der Waals surface area (Å²) in [5, 5.41) is 12.2. The maximum absolute atomic E-state index is 12.6. The zero-order valence-electron chi connectivity index (χ0n) is 15.7. The maximum atomic E-state index is 12.6. The number of amides is 1. The molecule has 29 heavy (non-hydrogen) atoms. The lowest BCUT2D eigenvalue weighted by atomic mass is 10.1. The fraction of sp³-hybridized carbons (Fsp3) is 0.421. The van der Waals surface area contributed by atoms with Crippen molar-refractivity contribution in [1.82, 2.24) is 14.9 Å². The van der Waals surface area contributed by atoms with Crippen LogP contribution in [0.25, 0.3) is 11.3 Å². The van der Waals surface area contributed by atoms with Gasteiger partial charge in [0.25, 0.3) is 5.56 Å². The first-order valence-corrected chi connectivity index (χ1v) is 9.31. The third kappa shape index (κ3) is 7.51. The van der Waals surface area contributed by atoms with E-state index >= 15 is 0 Å². The first-order valence-electron chi connectivity index (χ1n) is 8.93. The van der Waals surface area contributed by atoms with Crippen LogP contribution in [0.5, 0.6) is 0 Å². The molecule has 10 heteroatoms. The molecule has 0 bridgehead atoms. The van der Waals surface area contributed by atoms with Crippen molar-refractivity contribution in [2.24, 2.45) is 0 Å². The molecule has 0 aliphatic carbocycles. The van der Waals surface area contributed by atoms with Crippen molar-refractivity contribution >= 4 is 17.5 Å². The van der Waals surface area contributed by atoms with Gasteiger partial charge in [-0.05, 0) is 25.5 Å². The third-order valence-electron chi connectivity index (χ3n) is 3.98. The number of hydrogen-bond acceptors (Lipinski definition) is 4. The van der Waals surface area contributed by atoms with E-state index in [9.17, 15) is 27.9 Å². The first kappa shape index (κ1) is 22.9. The van der Waals surface area contributed by atoms with Crippen molar-refractivity contribution in [1.29, 1.82) is 0 Å². The van der Waals surface area contributed by atoms with Crippen LogP contribution in [0, 0.1) is 0 Å². The van der Waals surface area contributed by atoms with Crippen molar-refractivity contribution in [3.8, 4) is 11.3 Å². The quantitative estimate of drug-likeness (QED) is 0.673. The van der Waals surface area contributed by atoms with Crippen molar-refractivity contribution in [2.75, 3.05) is 6.54 Å². The van der Waals surface area contributed by atoms with E-state index in [4.69, 9.17) is 11.6 Å². The number of aromatic nitrogens is 2. The molecule has 0 radical (unpaired) electrons. The van der Waals surface area contributed by atoms with Crippen LogP contribution in [0.4, 0.5) is 13.2 Å². The molecule has 0 aliphatic rings. The molecule has 1 heterocycles. The summed E-state index contributed by atoms with van der Waals surface area (Å²) in [6, 6.07) is 7.72. The highest BCUT2D eigenvalue weighted by atomic mass is 35.5. The number of carbonyl (C=O) groups excluding carboxylic acids is 1. The summed E-state index contributed by atoms with van der Waals surface area (Å²) >= 11 is 5.85. The van der Waals surface area contributed by atoms with Crippen LogP contribution in [-0.2, 0) is 17.8 Å². The van der Waals surface area contributed by atoms with Gasteiger partial charge in [0.1, 0.15) is 12.4 Å². The normalized spacial score (nSPS) is 12.6. The Morgan fingerprint density at radius 3 is 2.55 bits per heavy atom. The summed E-state index contributed by atoms with van der Waals surface area (Å²) in [6.07, 6.45) is -6.52. The Hall–Kier alpha value is -2.39. The molecule has 158 valence electrons. The van der Waals surface area contributed by atoms with E-state index in [2.05, 4.69) is 10.3 Å². The van der Waals surface area contributed by atoms with Crippen molar-refractivity contribution in [3.63, 3.8) is 0 Å². The predicted molar refractivity (Wildman–Crippen MR) is 103 cm³/mol. The van der Waals surface area contributed by atoms with E-state index in [1.807, 2.05) is 0 Å². The summed E-state index contributed by atoms with van der Waals surface area (Å²) in [4.78, 5) is 28.9. The smallest absolute Gasteiger partial charge is 0.389 e. The minimum absolute atomic E-state index is 0.00667. The van der Waals surface area contributed by atoms with E-state index in [0.717, 1.165) is 4.57 Å². The summed E-state index contributed by atoms with van der Waals surface area (Å²) < 4.78 is 38.6. The molecule has 2 aromatic rings. The Bertz CT molecular complexity index is 896. The van der Waals surface area contributed by atoms with Crippen molar-refractivity contribution < 1.29 is 23.1 Å². The van der Waals surface area contributed by atoms with Gasteiger partial charge in [-0.1, -0.05) is 23.7 Å². The number of hydrogen-bond donors (Lipinski definition) is 2. The highest BCUT2D eigenvalue weighted by molar-refractivity contribution is 6.30. The second-order valence-corrected chi connectivity index (χ2v) is 7.05. The van der Waals surface area contributed by atoms with Crippen LogP contribution in [-0.4, -0.2) is 39.4 Å².